The first-order valence-corrected chi connectivity index (χ1v) is 11.9. The van der Waals surface area contributed by atoms with E-state index in [2.05, 4.69) is 11.4 Å². The Morgan fingerprint density at radius 2 is 1.77 bits per heavy atom. The molecule has 1 aliphatic rings. The summed E-state index contributed by atoms with van der Waals surface area (Å²) in [5.74, 6) is -0.111. The molecule has 0 aromatic heterocycles. The maximum Gasteiger partial charge on any atom is 0.251 e. The SMILES string of the molecule is CN(Cc1ccc(C(=O)NCCC2=CCCCC2)cc1)S(=O)(=O)c1ccc(Cl)cc1. The number of nitrogens with one attached hydrogen (secondary N) is 1. The Hall–Kier alpha value is -2.15. The van der Waals surface area contributed by atoms with Gasteiger partial charge in [0.15, 0.2) is 0 Å². The fraction of sp³-hybridized carbons (Fsp3) is 0.348. The second kappa shape index (κ2) is 10.2. The molecule has 0 aliphatic heterocycles. The zero-order chi connectivity index (χ0) is 21.6. The number of nitrogens with zero attached hydrogens (tertiary/aromatic N) is 1. The third-order valence-corrected chi connectivity index (χ3v) is 7.33. The number of sulfonamides is 1. The van der Waals surface area contributed by atoms with Crippen LogP contribution in [0, 0.1) is 0 Å². The van der Waals surface area contributed by atoms with E-state index in [9.17, 15) is 13.2 Å². The van der Waals surface area contributed by atoms with Crippen molar-refractivity contribution in [2.45, 2.75) is 43.5 Å². The number of halogens is 1. The summed E-state index contributed by atoms with van der Waals surface area (Å²) in [7, 11) is -2.08. The molecule has 1 aliphatic carbocycles. The molecule has 7 heteroatoms. The maximum atomic E-state index is 12.7. The summed E-state index contributed by atoms with van der Waals surface area (Å²) < 4.78 is 26.7. The number of hydrogen-bond donors (Lipinski definition) is 1. The number of allylic oxidation sites excluding steroid dienone is 1. The average Bonchev–Trinajstić information content (AvgIpc) is 2.75. The summed E-state index contributed by atoms with van der Waals surface area (Å²) in [5.41, 5.74) is 2.81. The smallest absolute Gasteiger partial charge is 0.251 e. The van der Waals surface area contributed by atoms with Crippen molar-refractivity contribution in [3.8, 4) is 0 Å². The van der Waals surface area contributed by atoms with Crippen molar-refractivity contribution in [3.63, 3.8) is 0 Å². The molecule has 0 spiro atoms. The Labute approximate surface area is 183 Å². The quantitative estimate of drug-likeness (QED) is 0.593. The molecule has 1 amide bonds. The summed E-state index contributed by atoms with van der Waals surface area (Å²) in [6.45, 7) is 0.843. The molecule has 30 heavy (non-hydrogen) atoms. The molecule has 0 unspecified atom stereocenters. The van der Waals surface area contributed by atoms with Gasteiger partial charge in [-0.1, -0.05) is 35.4 Å². The van der Waals surface area contributed by atoms with Crippen molar-refractivity contribution in [2.24, 2.45) is 0 Å². The topological polar surface area (TPSA) is 66.5 Å². The lowest BCUT2D eigenvalue weighted by Crippen LogP contribution is -2.27. The van der Waals surface area contributed by atoms with E-state index < -0.39 is 10.0 Å². The first-order valence-electron chi connectivity index (χ1n) is 10.1. The van der Waals surface area contributed by atoms with Gasteiger partial charge in [-0.2, -0.15) is 4.31 Å². The molecule has 0 bridgehead atoms. The van der Waals surface area contributed by atoms with Gasteiger partial charge in [-0.25, -0.2) is 8.42 Å². The van der Waals surface area contributed by atoms with Gasteiger partial charge in [0.05, 0.1) is 4.90 Å². The normalized spacial score (nSPS) is 14.4. The lowest BCUT2D eigenvalue weighted by Gasteiger charge is -2.17. The molecule has 0 saturated carbocycles. The zero-order valence-electron chi connectivity index (χ0n) is 17.1. The van der Waals surface area contributed by atoms with Gasteiger partial charge in [0.25, 0.3) is 5.91 Å². The van der Waals surface area contributed by atoms with Crippen LogP contribution in [-0.4, -0.2) is 32.2 Å². The van der Waals surface area contributed by atoms with Crippen LogP contribution < -0.4 is 5.32 Å². The number of carbonyl (C=O) groups excluding carboxylic acids is 1. The molecule has 0 saturated heterocycles. The van der Waals surface area contributed by atoms with Gasteiger partial charge in [0.1, 0.15) is 0 Å². The molecular weight excluding hydrogens is 420 g/mol. The van der Waals surface area contributed by atoms with Crippen molar-refractivity contribution in [2.75, 3.05) is 13.6 Å². The predicted molar refractivity (Wildman–Crippen MR) is 120 cm³/mol. The minimum Gasteiger partial charge on any atom is -0.352 e. The van der Waals surface area contributed by atoms with Crippen LogP contribution in [0.25, 0.3) is 0 Å². The van der Waals surface area contributed by atoms with Crippen LogP contribution in [0.1, 0.15) is 48.0 Å². The molecule has 0 fully saturated rings. The summed E-state index contributed by atoms with van der Waals surface area (Å²) in [4.78, 5) is 12.5. The lowest BCUT2D eigenvalue weighted by atomic mass is 9.97. The first-order chi connectivity index (χ1) is 14.4. The third kappa shape index (κ3) is 5.94. The minimum atomic E-state index is -3.61. The van der Waals surface area contributed by atoms with Gasteiger partial charge < -0.3 is 5.32 Å². The van der Waals surface area contributed by atoms with Crippen LogP contribution in [-0.2, 0) is 16.6 Å². The van der Waals surface area contributed by atoms with Gasteiger partial charge in [0.2, 0.25) is 10.0 Å². The van der Waals surface area contributed by atoms with Crippen molar-refractivity contribution >= 4 is 27.5 Å². The second-order valence-electron chi connectivity index (χ2n) is 7.53. The highest BCUT2D eigenvalue weighted by Crippen LogP contribution is 2.20. The molecule has 3 rings (SSSR count). The Balaban J connectivity index is 1.55. The molecule has 2 aromatic carbocycles. The molecule has 2 aromatic rings. The largest absolute Gasteiger partial charge is 0.352 e. The van der Waals surface area contributed by atoms with E-state index in [0.29, 0.717) is 17.1 Å². The molecular formula is C23H27ClN2O3S. The molecule has 1 N–H and O–H groups in total. The number of amides is 1. The lowest BCUT2D eigenvalue weighted by molar-refractivity contribution is 0.0954. The number of hydrogen-bond acceptors (Lipinski definition) is 3. The van der Waals surface area contributed by atoms with Crippen molar-refractivity contribution < 1.29 is 13.2 Å². The van der Waals surface area contributed by atoms with E-state index in [4.69, 9.17) is 11.6 Å². The first kappa shape index (κ1) is 22.5. The van der Waals surface area contributed by atoms with Gasteiger partial charge in [-0.3, -0.25) is 4.79 Å². The average molecular weight is 447 g/mol. The predicted octanol–water partition coefficient (Wildman–Crippen LogP) is 4.78. The van der Waals surface area contributed by atoms with Crippen molar-refractivity contribution in [1.82, 2.24) is 9.62 Å². The van der Waals surface area contributed by atoms with Crippen LogP contribution in [0.2, 0.25) is 5.02 Å². The van der Waals surface area contributed by atoms with Gasteiger partial charge in [0, 0.05) is 30.7 Å². The summed E-state index contributed by atoms with van der Waals surface area (Å²) in [5, 5.41) is 3.45. The van der Waals surface area contributed by atoms with E-state index in [1.54, 1.807) is 36.4 Å². The van der Waals surface area contributed by atoms with Gasteiger partial charge >= 0.3 is 0 Å². The van der Waals surface area contributed by atoms with Gasteiger partial charge in [-0.15, -0.1) is 0 Å². The van der Waals surface area contributed by atoms with Crippen molar-refractivity contribution in [3.05, 3.63) is 76.3 Å². The Kier molecular flexibility index (Phi) is 7.69. The summed E-state index contributed by atoms with van der Waals surface area (Å²) in [6, 6.07) is 13.1. The Morgan fingerprint density at radius 1 is 1.07 bits per heavy atom. The number of carbonyl (C=O) groups is 1. The van der Waals surface area contributed by atoms with E-state index in [0.717, 1.165) is 24.8 Å². The van der Waals surface area contributed by atoms with E-state index >= 15 is 0 Å². The monoisotopic (exact) mass is 446 g/mol. The summed E-state index contributed by atoms with van der Waals surface area (Å²) in [6.07, 6.45) is 7.97. The van der Waals surface area contributed by atoms with Crippen LogP contribution >= 0.6 is 11.6 Å². The summed E-state index contributed by atoms with van der Waals surface area (Å²) >= 11 is 5.84. The number of benzene rings is 2. The zero-order valence-corrected chi connectivity index (χ0v) is 18.7. The third-order valence-electron chi connectivity index (χ3n) is 5.26. The Bertz CT molecular complexity index is 1000. The fourth-order valence-corrected chi connectivity index (χ4v) is 4.75. The standard InChI is InChI=1S/C23H27ClN2O3S/c1-26(30(28,29)22-13-11-21(24)12-14-22)17-19-7-9-20(10-8-19)23(27)25-16-15-18-5-3-2-4-6-18/h5,7-14H,2-4,6,15-17H2,1H3,(H,25,27). The Morgan fingerprint density at radius 3 is 2.40 bits per heavy atom. The highest BCUT2D eigenvalue weighted by Gasteiger charge is 2.21. The van der Waals surface area contributed by atoms with E-state index in [-0.39, 0.29) is 17.3 Å². The van der Waals surface area contributed by atoms with E-state index in [1.165, 1.54) is 41.9 Å². The minimum absolute atomic E-state index is 0.111. The number of rotatable bonds is 8. The van der Waals surface area contributed by atoms with Crippen LogP contribution in [0.15, 0.2) is 65.1 Å². The highest BCUT2D eigenvalue weighted by molar-refractivity contribution is 7.89. The van der Waals surface area contributed by atoms with Crippen LogP contribution in [0.5, 0.6) is 0 Å². The maximum absolute atomic E-state index is 12.7. The molecule has 160 valence electrons. The second-order valence-corrected chi connectivity index (χ2v) is 10.0. The molecule has 0 heterocycles. The fourth-order valence-electron chi connectivity index (χ4n) is 3.46. The van der Waals surface area contributed by atoms with Crippen LogP contribution in [0.3, 0.4) is 0 Å². The highest BCUT2D eigenvalue weighted by atomic mass is 35.5. The van der Waals surface area contributed by atoms with Crippen molar-refractivity contribution in [1.29, 1.82) is 0 Å². The molecule has 0 atom stereocenters. The van der Waals surface area contributed by atoms with Crippen LogP contribution in [0.4, 0.5) is 0 Å². The van der Waals surface area contributed by atoms with E-state index in [1.807, 2.05) is 0 Å². The molecule has 0 radical (unpaired) electrons. The molecule has 5 nitrogen and oxygen atoms in total. The van der Waals surface area contributed by atoms with Gasteiger partial charge in [-0.05, 0) is 74.1 Å².